The number of benzene rings is 3. The molecule has 1 saturated heterocycles. The number of aryl methyl sites for hydroxylation is 1. The molecule has 0 radical (unpaired) electrons. The van der Waals surface area contributed by atoms with Crippen molar-refractivity contribution in [1.29, 1.82) is 0 Å². The SMILES string of the molecule is Cc1ccc(-c2ccc(C(=O)NCCc3ccc(C(C)N4CCCCCC4)cc3)cc2)cc1. The second-order valence-electron chi connectivity index (χ2n) is 9.32. The third kappa shape index (κ3) is 6.33. The number of rotatable bonds is 7. The number of carbonyl (C=O) groups is 1. The Balaban J connectivity index is 1.26. The van der Waals surface area contributed by atoms with Crippen LogP contribution in [-0.2, 0) is 6.42 Å². The summed E-state index contributed by atoms with van der Waals surface area (Å²) in [7, 11) is 0. The van der Waals surface area contributed by atoms with Crippen molar-refractivity contribution in [3.05, 3.63) is 95.1 Å². The third-order valence-corrected chi connectivity index (χ3v) is 6.88. The molecule has 1 heterocycles. The number of amides is 1. The summed E-state index contributed by atoms with van der Waals surface area (Å²) in [6.07, 6.45) is 6.20. The van der Waals surface area contributed by atoms with Gasteiger partial charge in [0.25, 0.3) is 5.91 Å². The summed E-state index contributed by atoms with van der Waals surface area (Å²) in [6.45, 7) is 7.47. The van der Waals surface area contributed by atoms with Crippen LogP contribution < -0.4 is 5.32 Å². The maximum Gasteiger partial charge on any atom is 0.251 e. The summed E-state index contributed by atoms with van der Waals surface area (Å²) in [4.78, 5) is 15.2. The standard InChI is InChI=1S/C30H36N2O/c1-23-7-11-27(12-8-23)28-15-17-29(18-16-28)30(33)31-20-19-25-9-13-26(14-10-25)24(2)32-21-5-3-4-6-22-32/h7-18,24H,3-6,19-22H2,1-2H3,(H,31,33). The predicted octanol–water partition coefficient (Wildman–Crippen LogP) is 6.57. The van der Waals surface area contributed by atoms with Crippen LogP contribution in [0.5, 0.6) is 0 Å². The molecule has 0 bridgehead atoms. The van der Waals surface area contributed by atoms with E-state index in [1.807, 2.05) is 24.3 Å². The second-order valence-corrected chi connectivity index (χ2v) is 9.32. The van der Waals surface area contributed by atoms with Crippen LogP contribution in [0.4, 0.5) is 0 Å². The molecule has 1 amide bonds. The van der Waals surface area contributed by atoms with Crippen LogP contribution in [-0.4, -0.2) is 30.4 Å². The molecule has 33 heavy (non-hydrogen) atoms. The lowest BCUT2D eigenvalue weighted by molar-refractivity contribution is 0.0954. The van der Waals surface area contributed by atoms with E-state index in [-0.39, 0.29) is 5.91 Å². The number of nitrogens with zero attached hydrogens (tertiary/aromatic N) is 1. The average Bonchev–Trinajstić information content (AvgIpc) is 3.14. The molecule has 1 fully saturated rings. The topological polar surface area (TPSA) is 32.3 Å². The van der Waals surface area contributed by atoms with Crippen molar-refractivity contribution in [2.45, 2.75) is 52.0 Å². The van der Waals surface area contributed by atoms with Crippen LogP contribution in [0.25, 0.3) is 11.1 Å². The zero-order valence-electron chi connectivity index (χ0n) is 20.0. The van der Waals surface area contributed by atoms with E-state index >= 15 is 0 Å². The van der Waals surface area contributed by atoms with Crippen LogP contribution in [0.3, 0.4) is 0 Å². The fourth-order valence-electron chi connectivity index (χ4n) is 4.64. The van der Waals surface area contributed by atoms with Crippen LogP contribution in [0.15, 0.2) is 72.8 Å². The van der Waals surface area contributed by atoms with Crippen molar-refractivity contribution in [2.24, 2.45) is 0 Å². The molecule has 0 aliphatic carbocycles. The van der Waals surface area contributed by atoms with E-state index in [1.165, 1.54) is 61.0 Å². The van der Waals surface area contributed by atoms with Gasteiger partial charge in [0.15, 0.2) is 0 Å². The van der Waals surface area contributed by atoms with Crippen molar-refractivity contribution in [3.63, 3.8) is 0 Å². The lowest BCUT2D eigenvalue weighted by Gasteiger charge is -2.28. The highest BCUT2D eigenvalue weighted by atomic mass is 16.1. The predicted molar refractivity (Wildman–Crippen MR) is 138 cm³/mol. The van der Waals surface area contributed by atoms with Gasteiger partial charge in [0, 0.05) is 18.2 Å². The molecule has 4 rings (SSSR count). The van der Waals surface area contributed by atoms with E-state index in [1.54, 1.807) is 0 Å². The lowest BCUT2D eigenvalue weighted by atomic mass is 10.0. The Bertz CT molecular complexity index is 1010. The smallest absolute Gasteiger partial charge is 0.251 e. The fourth-order valence-corrected chi connectivity index (χ4v) is 4.64. The van der Waals surface area contributed by atoms with Gasteiger partial charge < -0.3 is 5.32 Å². The van der Waals surface area contributed by atoms with Crippen molar-refractivity contribution < 1.29 is 4.79 Å². The third-order valence-electron chi connectivity index (χ3n) is 6.88. The van der Waals surface area contributed by atoms with Gasteiger partial charge in [-0.05, 0) is 80.6 Å². The van der Waals surface area contributed by atoms with Crippen molar-refractivity contribution in [3.8, 4) is 11.1 Å². The van der Waals surface area contributed by atoms with Crippen LogP contribution in [0.2, 0.25) is 0 Å². The minimum absolute atomic E-state index is 0.0168. The van der Waals surface area contributed by atoms with E-state index in [9.17, 15) is 4.79 Å². The molecule has 3 heteroatoms. The molecule has 1 atom stereocenters. The summed E-state index contributed by atoms with van der Waals surface area (Å²) >= 11 is 0. The fraction of sp³-hybridized carbons (Fsp3) is 0.367. The van der Waals surface area contributed by atoms with Gasteiger partial charge in [-0.3, -0.25) is 9.69 Å². The molecule has 172 valence electrons. The Morgan fingerprint density at radius 1 is 0.818 bits per heavy atom. The van der Waals surface area contributed by atoms with Crippen LogP contribution in [0, 0.1) is 6.92 Å². The molecule has 3 aromatic rings. The maximum atomic E-state index is 12.6. The minimum atomic E-state index is -0.0168. The molecular weight excluding hydrogens is 404 g/mol. The van der Waals surface area contributed by atoms with Crippen molar-refractivity contribution >= 4 is 5.91 Å². The van der Waals surface area contributed by atoms with Gasteiger partial charge in [0.05, 0.1) is 0 Å². The Morgan fingerprint density at radius 2 is 1.39 bits per heavy atom. The first kappa shape index (κ1) is 23.3. The Kier molecular flexibility index (Phi) is 7.96. The molecule has 0 spiro atoms. The zero-order valence-corrected chi connectivity index (χ0v) is 20.0. The summed E-state index contributed by atoms with van der Waals surface area (Å²) in [5.74, 6) is -0.0168. The van der Waals surface area contributed by atoms with Gasteiger partial charge in [0.2, 0.25) is 0 Å². The normalized spacial score (nSPS) is 15.6. The number of carbonyl (C=O) groups excluding carboxylic acids is 1. The molecular formula is C30H36N2O. The van der Waals surface area contributed by atoms with Gasteiger partial charge in [0.1, 0.15) is 0 Å². The van der Waals surface area contributed by atoms with Gasteiger partial charge in [-0.1, -0.05) is 79.1 Å². The van der Waals surface area contributed by atoms with E-state index in [4.69, 9.17) is 0 Å². The number of hydrogen-bond acceptors (Lipinski definition) is 2. The highest BCUT2D eigenvalue weighted by Crippen LogP contribution is 2.24. The largest absolute Gasteiger partial charge is 0.352 e. The van der Waals surface area contributed by atoms with Crippen molar-refractivity contribution in [1.82, 2.24) is 10.2 Å². The van der Waals surface area contributed by atoms with Gasteiger partial charge in [-0.2, -0.15) is 0 Å². The van der Waals surface area contributed by atoms with Crippen molar-refractivity contribution in [2.75, 3.05) is 19.6 Å². The van der Waals surface area contributed by atoms with Gasteiger partial charge >= 0.3 is 0 Å². The Labute approximate surface area is 198 Å². The van der Waals surface area contributed by atoms with E-state index in [2.05, 4.69) is 72.6 Å². The van der Waals surface area contributed by atoms with E-state index in [0.29, 0.717) is 18.2 Å². The molecule has 1 N–H and O–H groups in total. The second kappa shape index (κ2) is 11.3. The van der Waals surface area contributed by atoms with Crippen LogP contribution in [0.1, 0.15) is 65.7 Å². The molecule has 3 aromatic carbocycles. The molecule has 3 nitrogen and oxygen atoms in total. The zero-order chi connectivity index (χ0) is 23.0. The maximum absolute atomic E-state index is 12.6. The highest BCUT2D eigenvalue weighted by Gasteiger charge is 2.17. The first-order valence-corrected chi connectivity index (χ1v) is 12.4. The molecule has 1 aliphatic heterocycles. The Morgan fingerprint density at radius 3 is 2.00 bits per heavy atom. The summed E-state index contributed by atoms with van der Waals surface area (Å²) in [5, 5.41) is 3.06. The molecule has 0 aromatic heterocycles. The van der Waals surface area contributed by atoms with Gasteiger partial charge in [-0.25, -0.2) is 0 Å². The summed E-state index contributed by atoms with van der Waals surface area (Å²) in [6, 6.07) is 25.7. The average molecular weight is 441 g/mol. The highest BCUT2D eigenvalue weighted by molar-refractivity contribution is 5.94. The molecule has 0 saturated carbocycles. The number of hydrogen-bond donors (Lipinski definition) is 1. The van der Waals surface area contributed by atoms with Gasteiger partial charge in [-0.15, -0.1) is 0 Å². The van der Waals surface area contributed by atoms with Crippen LogP contribution >= 0.6 is 0 Å². The van der Waals surface area contributed by atoms with E-state index in [0.717, 1.165) is 12.0 Å². The first-order valence-electron chi connectivity index (χ1n) is 12.4. The lowest BCUT2D eigenvalue weighted by Crippen LogP contribution is -2.28. The van der Waals surface area contributed by atoms with E-state index < -0.39 is 0 Å². The molecule has 1 unspecified atom stereocenters. The quantitative estimate of drug-likeness (QED) is 0.450. The summed E-state index contributed by atoms with van der Waals surface area (Å²) < 4.78 is 0. The number of nitrogens with one attached hydrogen (secondary N) is 1. The summed E-state index contributed by atoms with van der Waals surface area (Å²) in [5.41, 5.74) is 6.89. The molecule has 1 aliphatic rings. The monoisotopic (exact) mass is 440 g/mol. The first-order chi connectivity index (χ1) is 16.1. The number of likely N-dealkylation sites (tertiary alicyclic amines) is 1. The minimum Gasteiger partial charge on any atom is -0.352 e. The Hall–Kier alpha value is -2.91.